The standard InChI is InChI=1S/C18H23N5O3/c1-2-14-11-22(12-15-20-18(17(19)25)21-26-15)9-8-16(24)23(14)10-13-6-4-3-5-7-13/h3-7,14H,2,8-12H2,1H3,(H2,19,25). The Morgan fingerprint density at radius 2 is 2.08 bits per heavy atom. The predicted molar refractivity (Wildman–Crippen MR) is 93.8 cm³/mol. The van der Waals surface area contributed by atoms with Crippen molar-refractivity contribution in [2.75, 3.05) is 13.1 Å². The van der Waals surface area contributed by atoms with Gasteiger partial charge in [-0.3, -0.25) is 14.5 Å². The zero-order chi connectivity index (χ0) is 18.5. The van der Waals surface area contributed by atoms with E-state index in [1.54, 1.807) is 0 Å². The van der Waals surface area contributed by atoms with Gasteiger partial charge in [0.05, 0.1) is 6.54 Å². The monoisotopic (exact) mass is 357 g/mol. The molecule has 3 rings (SSSR count). The maximum absolute atomic E-state index is 12.7. The molecule has 2 N–H and O–H groups in total. The molecule has 8 nitrogen and oxygen atoms in total. The smallest absolute Gasteiger partial charge is 0.290 e. The number of amides is 2. The fourth-order valence-electron chi connectivity index (χ4n) is 3.19. The molecule has 1 aromatic heterocycles. The summed E-state index contributed by atoms with van der Waals surface area (Å²) < 4.78 is 5.09. The molecule has 1 saturated heterocycles. The molecule has 1 atom stereocenters. The van der Waals surface area contributed by atoms with Gasteiger partial charge in [-0.15, -0.1) is 0 Å². The Balaban J connectivity index is 1.70. The van der Waals surface area contributed by atoms with Gasteiger partial charge < -0.3 is 15.2 Å². The van der Waals surface area contributed by atoms with Gasteiger partial charge in [-0.05, 0) is 12.0 Å². The molecular formula is C18H23N5O3. The van der Waals surface area contributed by atoms with Crippen molar-refractivity contribution in [3.63, 3.8) is 0 Å². The van der Waals surface area contributed by atoms with E-state index >= 15 is 0 Å². The van der Waals surface area contributed by atoms with E-state index in [4.69, 9.17) is 10.3 Å². The van der Waals surface area contributed by atoms with E-state index in [2.05, 4.69) is 22.0 Å². The SMILES string of the molecule is CCC1CN(Cc2nc(C(N)=O)no2)CCC(=O)N1Cc1ccccc1. The Labute approximate surface area is 151 Å². The molecule has 2 amide bonds. The van der Waals surface area contributed by atoms with Crippen LogP contribution >= 0.6 is 0 Å². The third-order valence-corrected chi connectivity index (χ3v) is 4.59. The lowest BCUT2D eigenvalue weighted by molar-refractivity contribution is -0.133. The van der Waals surface area contributed by atoms with E-state index in [0.29, 0.717) is 38.5 Å². The average Bonchev–Trinajstić information content (AvgIpc) is 3.06. The normalized spacial score (nSPS) is 18.7. The highest BCUT2D eigenvalue weighted by Gasteiger charge is 2.29. The zero-order valence-electron chi connectivity index (χ0n) is 14.8. The third-order valence-electron chi connectivity index (χ3n) is 4.59. The second-order valence-electron chi connectivity index (χ2n) is 6.43. The van der Waals surface area contributed by atoms with Gasteiger partial charge in [-0.25, -0.2) is 0 Å². The summed E-state index contributed by atoms with van der Waals surface area (Å²) in [5, 5.41) is 3.56. The molecule has 1 aliphatic heterocycles. The summed E-state index contributed by atoms with van der Waals surface area (Å²) in [5.74, 6) is -0.362. The summed E-state index contributed by atoms with van der Waals surface area (Å²) in [5.41, 5.74) is 6.27. The minimum Gasteiger partial charge on any atom is -0.363 e. The first-order chi connectivity index (χ1) is 12.6. The number of primary amides is 1. The Morgan fingerprint density at radius 3 is 2.73 bits per heavy atom. The van der Waals surface area contributed by atoms with Crippen molar-refractivity contribution < 1.29 is 14.1 Å². The highest BCUT2D eigenvalue weighted by atomic mass is 16.5. The number of carbonyl (C=O) groups is 2. The summed E-state index contributed by atoms with van der Waals surface area (Å²) >= 11 is 0. The van der Waals surface area contributed by atoms with Crippen LogP contribution in [0.5, 0.6) is 0 Å². The molecule has 2 heterocycles. The minimum absolute atomic E-state index is 0.101. The van der Waals surface area contributed by atoms with Gasteiger partial charge in [0, 0.05) is 32.1 Å². The number of benzene rings is 1. The second kappa shape index (κ2) is 8.09. The lowest BCUT2D eigenvalue weighted by Gasteiger charge is -2.31. The summed E-state index contributed by atoms with van der Waals surface area (Å²) in [6.07, 6.45) is 1.28. The molecule has 0 radical (unpaired) electrons. The van der Waals surface area contributed by atoms with Crippen LogP contribution < -0.4 is 5.73 Å². The van der Waals surface area contributed by atoms with Crippen molar-refractivity contribution in [2.45, 2.75) is 38.9 Å². The highest BCUT2D eigenvalue weighted by Crippen LogP contribution is 2.19. The average molecular weight is 357 g/mol. The Morgan fingerprint density at radius 1 is 1.31 bits per heavy atom. The van der Waals surface area contributed by atoms with E-state index in [-0.39, 0.29) is 17.8 Å². The van der Waals surface area contributed by atoms with Gasteiger partial charge in [-0.1, -0.05) is 42.4 Å². The Kier molecular flexibility index (Phi) is 5.62. The molecule has 1 unspecified atom stereocenters. The minimum atomic E-state index is -0.716. The largest absolute Gasteiger partial charge is 0.363 e. The lowest BCUT2D eigenvalue weighted by atomic mass is 10.1. The number of hydrogen-bond donors (Lipinski definition) is 1. The molecule has 2 aromatic rings. The van der Waals surface area contributed by atoms with Crippen LogP contribution in [-0.2, 0) is 17.9 Å². The Hall–Kier alpha value is -2.74. The van der Waals surface area contributed by atoms with Crippen molar-refractivity contribution in [3.8, 4) is 0 Å². The van der Waals surface area contributed by atoms with Crippen LogP contribution in [0.25, 0.3) is 0 Å². The highest BCUT2D eigenvalue weighted by molar-refractivity contribution is 5.88. The van der Waals surface area contributed by atoms with Crippen LogP contribution in [0.15, 0.2) is 34.9 Å². The zero-order valence-corrected chi connectivity index (χ0v) is 14.8. The summed E-state index contributed by atoms with van der Waals surface area (Å²) in [7, 11) is 0. The van der Waals surface area contributed by atoms with Crippen molar-refractivity contribution in [2.24, 2.45) is 5.73 Å². The number of hydrogen-bond acceptors (Lipinski definition) is 6. The molecular weight excluding hydrogens is 334 g/mol. The van der Waals surface area contributed by atoms with E-state index in [1.807, 2.05) is 35.2 Å². The maximum Gasteiger partial charge on any atom is 0.290 e. The van der Waals surface area contributed by atoms with Crippen LogP contribution in [0.3, 0.4) is 0 Å². The lowest BCUT2D eigenvalue weighted by Crippen LogP contribution is -2.42. The molecule has 1 aromatic carbocycles. The van der Waals surface area contributed by atoms with Crippen LogP contribution in [-0.4, -0.2) is 50.9 Å². The van der Waals surface area contributed by atoms with Gasteiger partial charge in [-0.2, -0.15) is 4.98 Å². The van der Waals surface area contributed by atoms with Crippen molar-refractivity contribution in [1.82, 2.24) is 19.9 Å². The van der Waals surface area contributed by atoms with Gasteiger partial charge in [0.2, 0.25) is 11.8 Å². The van der Waals surface area contributed by atoms with E-state index < -0.39 is 5.91 Å². The fraction of sp³-hybridized carbons (Fsp3) is 0.444. The Bertz CT molecular complexity index is 761. The van der Waals surface area contributed by atoms with Gasteiger partial charge in [0.15, 0.2) is 0 Å². The number of nitrogens with two attached hydrogens (primary N) is 1. The second-order valence-corrected chi connectivity index (χ2v) is 6.43. The molecule has 1 aliphatic rings. The summed E-state index contributed by atoms with van der Waals surface area (Å²) in [6.45, 7) is 4.40. The molecule has 0 spiro atoms. The molecule has 8 heteroatoms. The summed E-state index contributed by atoms with van der Waals surface area (Å²) in [6, 6.07) is 10.1. The van der Waals surface area contributed by atoms with Crippen molar-refractivity contribution in [3.05, 3.63) is 47.6 Å². The molecule has 0 saturated carbocycles. The van der Waals surface area contributed by atoms with Crippen LogP contribution in [0, 0.1) is 0 Å². The van der Waals surface area contributed by atoms with Crippen molar-refractivity contribution >= 4 is 11.8 Å². The molecule has 138 valence electrons. The summed E-state index contributed by atoms with van der Waals surface area (Å²) in [4.78, 5) is 31.8. The van der Waals surface area contributed by atoms with Gasteiger partial charge >= 0.3 is 0 Å². The molecule has 0 aliphatic carbocycles. The first kappa shape index (κ1) is 18.1. The van der Waals surface area contributed by atoms with Gasteiger partial charge in [0.25, 0.3) is 11.7 Å². The molecule has 26 heavy (non-hydrogen) atoms. The van der Waals surface area contributed by atoms with E-state index in [0.717, 1.165) is 12.0 Å². The molecule has 1 fully saturated rings. The van der Waals surface area contributed by atoms with E-state index in [1.165, 1.54) is 0 Å². The number of carbonyl (C=O) groups excluding carboxylic acids is 2. The van der Waals surface area contributed by atoms with Crippen molar-refractivity contribution in [1.29, 1.82) is 0 Å². The first-order valence-corrected chi connectivity index (χ1v) is 8.75. The number of aromatic nitrogens is 2. The van der Waals surface area contributed by atoms with Crippen LogP contribution in [0.2, 0.25) is 0 Å². The molecule has 0 bridgehead atoms. The van der Waals surface area contributed by atoms with Crippen LogP contribution in [0.1, 0.15) is 41.8 Å². The number of nitrogens with zero attached hydrogens (tertiary/aromatic N) is 4. The maximum atomic E-state index is 12.7. The number of rotatable bonds is 6. The topological polar surface area (TPSA) is 106 Å². The van der Waals surface area contributed by atoms with E-state index in [9.17, 15) is 9.59 Å². The van der Waals surface area contributed by atoms with Crippen LogP contribution in [0.4, 0.5) is 0 Å². The fourth-order valence-corrected chi connectivity index (χ4v) is 3.19. The third kappa shape index (κ3) is 4.26. The quantitative estimate of drug-likeness (QED) is 0.832. The first-order valence-electron chi connectivity index (χ1n) is 8.75. The van der Waals surface area contributed by atoms with Gasteiger partial charge in [0.1, 0.15) is 0 Å². The predicted octanol–water partition coefficient (Wildman–Crippen LogP) is 1.18.